The topological polar surface area (TPSA) is 58.6 Å². The first kappa shape index (κ1) is 13.5. The van der Waals surface area contributed by atoms with Gasteiger partial charge in [0, 0.05) is 17.1 Å². The molecule has 1 amide bonds. The molecule has 0 aliphatic heterocycles. The molecule has 0 heterocycles. The SMILES string of the molecule is O=C(COc1cc(Cl)ccc1Cl)NC1CC(O)C1. The molecule has 0 radical (unpaired) electrons. The average molecular weight is 290 g/mol. The molecule has 1 aromatic rings. The Balaban J connectivity index is 1.80. The summed E-state index contributed by atoms with van der Waals surface area (Å²) >= 11 is 11.7. The molecule has 0 saturated heterocycles. The molecule has 0 spiro atoms. The first-order chi connectivity index (χ1) is 8.54. The van der Waals surface area contributed by atoms with Crippen molar-refractivity contribution >= 4 is 29.1 Å². The van der Waals surface area contributed by atoms with E-state index >= 15 is 0 Å². The number of carbonyl (C=O) groups is 1. The van der Waals surface area contributed by atoms with E-state index in [1.807, 2.05) is 0 Å². The molecule has 18 heavy (non-hydrogen) atoms. The van der Waals surface area contributed by atoms with E-state index in [0.717, 1.165) is 0 Å². The summed E-state index contributed by atoms with van der Waals surface area (Å²) in [4.78, 5) is 11.5. The number of hydrogen-bond donors (Lipinski definition) is 2. The van der Waals surface area contributed by atoms with Crippen LogP contribution in [0.5, 0.6) is 5.75 Å². The quantitative estimate of drug-likeness (QED) is 0.892. The highest BCUT2D eigenvalue weighted by molar-refractivity contribution is 6.34. The van der Waals surface area contributed by atoms with Crippen molar-refractivity contribution in [2.75, 3.05) is 6.61 Å². The van der Waals surface area contributed by atoms with Crippen molar-refractivity contribution in [2.24, 2.45) is 0 Å². The van der Waals surface area contributed by atoms with Gasteiger partial charge in [-0.2, -0.15) is 0 Å². The molecule has 1 aliphatic carbocycles. The third-order valence-electron chi connectivity index (χ3n) is 2.73. The second-order valence-corrected chi connectivity index (χ2v) is 5.10. The van der Waals surface area contributed by atoms with E-state index in [4.69, 9.17) is 33.0 Å². The molecule has 2 N–H and O–H groups in total. The van der Waals surface area contributed by atoms with Gasteiger partial charge in [-0.1, -0.05) is 23.2 Å². The first-order valence-corrected chi connectivity index (χ1v) is 6.35. The minimum absolute atomic E-state index is 0.0472. The Labute approximate surface area is 115 Å². The summed E-state index contributed by atoms with van der Waals surface area (Å²) in [5, 5.41) is 12.7. The maximum Gasteiger partial charge on any atom is 0.258 e. The van der Waals surface area contributed by atoms with Crippen molar-refractivity contribution in [2.45, 2.75) is 25.0 Å². The number of nitrogens with one attached hydrogen (secondary N) is 1. The summed E-state index contributed by atoms with van der Waals surface area (Å²) in [5.74, 6) is 0.149. The summed E-state index contributed by atoms with van der Waals surface area (Å²) in [6, 6.07) is 4.86. The van der Waals surface area contributed by atoms with Gasteiger partial charge in [0.15, 0.2) is 6.61 Å². The Morgan fingerprint density at radius 3 is 2.83 bits per heavy atom. The summed E-state index contributed by atoms with van der Waals surface area (Å²) in [6.07, 6.45) is 0.909. The molecule has 1 fully saturated rings. The van der Waals surface area contributed by atoms with Gasteiger partial charge in [0.05, 0.1) is 11.1 Å². The minimum atomic E-state index is -0.293. The zero-order valence-electron chi connectivity index (χ0n) is 9.53. The van der Waals surface area contributed by atoms with Gasteiger partial charge >= 0.3 is 0 Å². The van der Waals surface area contributed by atoms with Gasteiger partial charge in [0.25, 0.3) is 5.91 Å². The fraction of sp³-hybridized carbons (Fsp3) is 0.417. The lowest BCUT2D eigenvalue weighted by Gasteiger charge is -2.31. The molecular weight excluding hydrogens is 277 g/mol. The highest BCUT2D eigenvalue weighted by Crippen LogP contribution is 2.27. The van der Waals surface area contributed by atoms with Crippen molar-refractivity contribution in [1.82, 2.24) is 5.32 Å². The van der Waals surface area contributed by atoms with Gasteiger partial charge in [-0.05, 0) is 25.0 Å². The number of aliphatic hydroxyl groups is 1. The standard InChI is InChI=1S/C12H13Cl2NO3/c13-7-1-2-10(14)11(3-7)18-6-12(17)15-8-4-9(16)5-8/h1-3,8-9,16H,4-6H2,(H,15,17). The van der Waals surface area contributed by atoms with Gasteiger partial charge in [-0.3, -0.25) is 4.79 Å². The molecule has 0 bridgehead atoms. The monoisotopic (exact) mass is 289 g/mol. The lowest BCUT2D eigenvalue weighted by molar-refractivity contribution is -0.125. The van der Waals surface area contributed by atoms with E-state index in [9.17, 15) is 4.79 Å². The van der Waals surface area contributed by atoms with E-state index in [1.165, 1.54) is 0 Å². The van der Waals surface area contributed by atoms with Crippen molar-refractivity contribution in [3.8, 4) is 5.75 Å². The first-order valence-electron chi connectivity index (χ1n) is 5.60. The highest BCUT2D eigenvalue weighted by Gasteiger charge is 2.28. The number of halogens is 2. The molecule has 1 saturated carbocycles. The number of hydrogen-bond acceptors (Lipinski definition) is 3. The summed E-state index contributed by atoms with van der Waals surface area (Å²) in [6.45, 7) is -0.118. The van der Waals surface area contributed by atoms with Crippen LogP contribution >= 0.6 is 23.2 Å². The van der Waals surface area contributed by atoms with Crippen LogP contribution in [0.25, 0.3) is 0 Å². The highest BCUT2D eigenvalue weighted by atomic mass is 35.5. The van der Waals surface area contributed by atoms with Crippen molar-refractivity contribution in [3.63, 3.8) is 0 Å². The number of amides is 1. The number of rotatable bonds is 4. The minimum Gasteiger partial charge on any atom is -0.482 e. The summed E-state index contributed by atoms with van der Waals surface area (Å²) < 4.78 is 5.28. The Kier molecular flexibility index (Phi) is 4.32. The van der Waals surface area contributed by atoms with Crippen LogP contribution in [-0.2, 0) is 4.79 Å². The van der Waals surface area contributed by atoms with Gasteiger partial charge in [-0.25, -0.2) is 0 Å². The van der Waals surface area contributed by atoms with Crippen LogP contribution in [0.4, 0.5) is 0 Å². The number of carbonyl (C=O) groups excluding carboxylic acids is 1. The van der Waals surface area contributed by atoms with Crippen LogP contribution in [0.1, 0.15) is 12.8 Å². The van der Waals surface area contributed by atoms with Crippen LogP contribution in [0.2, 0.25) is 10.0 Å². The van der Waals surface area contributed by atoms with Crippen LogP contribution in [0.3, 0.4) is 0 Å². The molecule has 0 unspecified atom stereocenters. The fourth-order valence-corrected chi connectivity index (χ4v) is 2.04. The summed E-state index contributed by atoms with van der Waals surface area (Å²) in [7, 11) is 0. The van der Waals surface area contributed by atoms with E-state index in [2.05, 4.69) is 5.32 Å². The molecule has 98 valence electrons. The zero-order chi connectivity index (χ0) is 13.1. The Bertz CT molecular complexity index is 447. The lowest BCUT2D eigenvalue weighted by Crippen LogP contribution is -2.48. The van der Waals surface area contributed by atoms with Gasteiger partial charge in [-0.15, -0.1) is 0 Å². The molecule has 0 aromatic heterocycles. The van der Waals surface area contributed by atoms with E-state index in [1.54, 1.807) is 18.2 Å². The second kappa shape index (κ2) is 5.78. The Hall–Kier alpha value is -0.970. The van der Waals surface area contributed by atoms with E-state index in [0.29, 0.717) is 28.6 Å². The van der Waals surface area contributed by atoms with Crippen molar-refractivity contribution in [3.05, 3.63) is 28.2 Å². The maximum atomic E-state index is 11.5. The molecule has 4 nitrogen and oxygen atoms in total. The number of aliphatic hydroxyl groups excluding tert-OH is 1. The predicted molar refractivity (Wildman–Crippen MR) is 69.1 cm³/mol. The molecule has 1 aliphatic rings. The average Bonchev–Trinajstić information content (AvgIpc) is 2.28. The molecular formula is C12H13Cl2NO3. The zero-order valence-corrected chi connectivity index (χ0v) is 11.0. The van der Waals surface area contributed by atoms with E-state index < -0.39 is 0 Å². The van der Waals surface area contributed by atoms with Gasteiger partial charge in [0.1, 0.15) is 5.75 Å². The van der Waals surface area contributed by atoms with Crippen molar-refractivity contribution < 1.29 is 14.6 Å². The second-order valence-electron chi connectivity index (χ2n) is 4.25. The largest absolute Gasteiger partial charge is 0.482 e. The number of benzene rings is 1. The molecule has 6 heteroatoms. The molecule has 2 rings (SSSR count). The van der Waals surface area contributed by atoms with E-state index in [-0.39, 0.29) is 24.7 Å². The molecule has 0 atom stereocenters. The predicted octanol–water partition coefficient (Wildman–Crippen LogP) is 2.01. The van der Waals surface area contributed by atoms with Crippen LogP contribution < -0.4 is 10.1 Å². The van der Waals surface area contributed by atoms with Crippen LogP contribution in [0.15, 0.2) is 18.2 Å². The Morgan fingerprint density at radius 2 is 2.17 bits per heavy atom. The molecule has 1 aromatic carbocycles. The third-order valence-corrected chi connectivity index (χ3v) is 3.28. The summed E-state index contributed by atoms with van der Waals surface area (Å²) in [5.41, 5.74) is 0. The smallest absolute Gasteiger partial charge is 0.258 e. The van der Waals surface area contributed by atoms with Gasteiger partial charge < -0.3 is 15.2 Å². The third kappa shape index (κ3) is 3.51. The lowest BCUT2D eigenvalue weighted by atomic mass is 9.89. The van der Waals surface area contributed by atoms with Crippen LogP contribution in [-0.4, -0.2) is 29.8 Å². The normalized spacial score (nSPS) is 22.2. The van der Waals surface area contributed by atoms with Crippen LogP contribution in [0, 0.1) is 0 Å². The van der Waals surface area contributed by atoms with Gasteiger partial charge in [0.2, 0.25) is 0 Å². The number of ether oxygens (including phenoxy) is 1. The van der Waals surface area contributed by atoms with Crippen molar-refractivity contribution in [1.29, 1.82) is 0 Å². The Morgan fingerprint density at radius 1 is 1.44 bits per heavy atom. The maximum absolute atomic E-state index is 11.5. The fourth-order valence-electron chi connectivity index (χ4n) is 1.71.